The molecule has 0 aromatic heterocycles. The fourth-order valence-electron chi connectivity index (χ4n) is 4.63. The highest BCUT2D eigenvalue weighted by molar-refractivity contribution is 6.96. The van der Waals surface area contributed by atoms with Crippen LogP contribution in [0.4, 0.5) is 0 Å². The molecule has 0 N–H and O–H groups in total. The van der Waals surface area contributed by atoms with Gasteiger partial charge in [0.2, 0.25) is 0 Å². The Morgan fingerprint density at radius 1 is 0.938 bits per heavy atom. The van der Waals surface area contributed by atoms with Gasteiger partial charge in [0.05, 0.1) is 0 Å². The molecule has 0 saturated carbocycles. The predicted molar refractivity (Wildman–Crippen MR) is 81.6 cm³/mol. The minimum absolute atomic E-state index is 0.497. The van der Waals surface area contributed by atoms with Crippen LogP contribution in [-0.4, -0.2) is 16.1 Å². The van der Waals surface area contributed by atoms with Crippen molar-refractivity contribution in [2.75, 3.05) is 0 Å². The summed E-state index contributed by atoms with van der Waals surface area (Å²) in [5.74, 6) is 0. The fraction of sp³-hybridized carbons (Fsp3) is 1.00. The third kappa shape index (κ3) is 2.81. The van der Waals surface area contributed by atoms with Crippen LogP contribution in [0.1, 0.15) is 34.1 Å². The van der Waals surface area contributed by atoms with Crippen LogP contribution < -0.4 is 0 Å². The third-order valence-corrected chi connectivity index (χ3v) is 15.8. The summed E-state index contributed by atoms with van der Waals surface area (Å²) in [6.45, 7) is 20.4. The van der Waals surface area contributed by atoms with Crippen molar-refractivity contribution >= 4 is 16.1 Å². The topological polar surface area (TPSA) is 0 Å². The maximum Gasteiger partial charge on any atom is 0.0453 e. The van der Waals surface area contributed by atoms with Crippen molar-refractivity contribution in [3.05, 3.63) is 0 Å². The van der Waals surface area contributed by atoms with Crippen molar-refractivity contribution in [1.82, 2.24) is 0 Å². The highest BCUT2D eigenvalue weighted by atomic mass is 28.4. The Labute approximate surface area is 105 Å². The lowest BCUT2D eigenvalue weighted by atomic mass is 9.67. The largest absolute Gasteiger partial charge is 0.0695 e. The molecule has 0 aromatic rings. The van der Waals surface area contributed by atoms with Crippen LogP contribution in [0.3, 0.4) is 0 Å². The van der Waals surface area contributed by atoms with Gasteiger partial charge in [-0.05, 0) is 10.8 Å². The van der Waals surface area contributed by atoms with Gasteiger partial charge in [0.1, 0.15) is 0 Å². The van der Waals surface area contributed by atoms with Crippen molar-refractivity contribution in [3.63, 3.8) is 0 Å². The van der Waals surface area contributed by atoms with Crippen LogP contribution in [0.5, 0.6) is 0 Å². The second kappa shape index (κ2) is 3.98. The summed E-state index contributed by atoms with van der Waals surface area (Å²) >= 11 is 0. The molecule has 0 aliphatic carbocycles. The van der Waals surface area contributed by atoms with Gasteiger partial charge in [0, 0.05) is 16.1 Å². The standard InChI is InChI=1S/C14H32Si2/c1-9-14(13(2,3)4)10-15(5,6)12-16(7,8)11-14/h9-12H2,1-8H3. The van der Waals surface area contributed by atoms with Gasteiger partial charge in [-0.25, -0.2) is 0 Å². The molecule has 1 heterocycles. The van der Waals surface area contributed by atoms with Crippen LogP contribution in [0, 0.1) is 10.8 Å². The molecule has 0 amide bonds. The van der Waals surface area contributed by atoms with Gasteiger partial charge < -0.3 is 0 Å². The maximum absolute atomic E-state index is 2.64. The molecule has 0 atom stereocenters. The molecule has 0 aromatic carbocycles. The van der Waals surface area contributed by atoms with Gasteiger partial charge in [-0.2, -0.15) is 0 Å². The Kier molecular flexibility index (Phi) is 3.60. The summed E-state index contributed by atoms with van der Waals surface area (Å²) < 4.78 is 0. The van der Waals surface area contributed by atoms with Crippen molar-refractivity contribution in [2.45, 2.75) is 78.1 Å². The van der Waals surface area contributed by atoms with Gasteiger partial charge in [0.15, 0.2) is 0 Å². The molecule has 1 saturated heterocycles. The van der Waals surface area contributed by atoms with Crippen LogP contribution in [-0.2, 0) is 0 Å². The van der Waals surface area contributed by atoms with Gasteiger partial charge in [0.25, 0.3) is 0 Å². The predicted octanol–water partition coefficient (Wildman–Crippen LogP) is 5.40. The molecule has 1 rings (SSSR count). The lowest BCUT2D eigenvalue weighted by molar-refractivity contribution is 0.120. The average molecular weight is 257 g/mol. The molecule has 1 aliphatic heterocycles. The van der Waals surface area contributed by atoms with E-state index < -0.39 is 16.1 Å². The fourth-order valence-corrected chi connectivity index (χ4v) is 21.7. The number of hydrogen-bond donors (Lipinski definition) is 0. The quantitative estimate of drug-likeness (QED) is 0.551. The molecule has 96 valence electrons. The SMILES string of the molecule is CCC1(C(C)(C)C)C[Si](C)(C)C[Si](C)(C)C1. The lowest BCUT2D eigenvalue weighted by Gasteiger charge is -2.56. The smallest absolute Gasteiger partial charge is 0.0453 e. The van der Waals surface area contributed by atoms with Crippen LogP contribution >= 0.6 is 0 Å². The van der Waals surface area contributed by atoms with Crippen molar-refractivity contribution in [1.29, 1.82) is 0 Å². The Hall–Kier alpha value is 0.434. The van der Waals surface area contributed by atoms with Crippen molar-refractivity contribution in [2.24, 2.45) is 10.8 Å². The van der Waals surface area contributed by atoms with Crippen LogP contribution in [0.15, 0.2) is 0 Å². The molecule has 0 radical (unpaired) electrons. The second-order valence-corrected chi connectivity index (χ2v) is 19.5. The molecule has 1 fully saturated rings. The number of rotatable bonds is 1. The van der Waals surface area contributed by atoms with E-state index in [9.17, 15) is 0 Å². The summed E-state index contributed by atoms with van der Waals surface area (Å²) in [6.07, 6.45) is 1.39. The van der Waals surface area contributed by atoms with Gasteiger partial charge in [-0.3, -0.25) is 0 Å². The summed E-state index contributed by atoms with van der Waals surface area (Å²) in [5, 5.41) is 0. The monoisotopic (exact) mass is 256 g/mol. The van der Waals surface area contributed by atoms with E-state index in [2.05, 4.69) is 53.9 Å². The first-order valence-corrected chi connectivity index (χ1v) is 13.8. The van der Waals surface area contributed by atoms with Gasteiger partial charge in [-0.15, -0.1) is 0 Å². The first-order valence-electron chi connectivity index (χ1n) is 6.93. The zero-order chi connectivity index (χ0) is 12.8. The van der Waals surface area contributed by atoms with E-state index in [1.54, 1.807) is 17.8 Å². The molecular formula is C14H32Si2. The highest BCUT2D eigenvalue weighted by Crippen LogP contribution is 2.57. The number of hydrogen-bond acceptors (Lipinski definition) is 0. The normalized spacial score (nSPS) is 27.8. The van der Waals surface area contributed by atoms with E-state index >= 15 is 0 Å². The lowest BCUT2D eigenvalue weighted by Crippen LogP contribution is -2.55. The van der Waals surface area contributed by atoms with E-state index in [0.717, 1.165) is 0 Å². The van der Waals surface area contributed by atoms with E-state index in [4.69, 9.17) is 0 Å². The first kappa shape index (κ1) is 14.5. The Morgan fingerprint density at radius 2 is 1.31 bits per heavy atom. The van der Waals surface area contributed by atoms with Crippen molar-refractivity contribution < 1.29 is 0 Å². The average Bonchev–Trinajstić information content (AvgIpc) is 1.95. The van der Waals surface area contributed by atoms with E-state index in [1.165, 1.54) is 6.42 Å². The minimum atomic E-state index is -0.930. The zero-order valence-corrected chi connectivity index (χ0v) is 14.8. The third-order valence-electron chi connectivity index (χ3n) is 4.86. The van der Waals surface area contributed by atoms with E-state index in [1.807, 2.05) is 0 Å². The van der Waals surface area contributed by atoms with Gasteiger partial charge in [-0.1, -0.05) is 78.1 Å². The summed E-state index contributed by atoms with van der Waals surface area (Å²) in [6, 6.07) is 3.13. The molecule has 0 nitrogen and oxygen atoms in total. The van der Waals surface area contributed by atoms with E-state index in [-0.39, 0.29) is 0 Å². The van der Waals surface area contributed by atoms with Crippen LogP contribution in [0.2, 0.25) is 43.9 Å². The molecule has 0 bridgehead atoms. The molecular weight excluding hydrogens is 224 g/mol. The summed E-state index contributed by atoms with van der Waals surface area (Å²) in [4.78, 5) is 0. The molecule has 16 heavy (non-hydrogen) atoms. The molecule has 0 spiro atoms. The summed E-state index contributed by atoms with van der Waals surface area (Å²) in [5.41, 5.74) is 2.80. The minimum Gasteiger partial charge on any atom is -0.0695 e. The maximum atomic E-state index is 2.64. The Morgan fingerprint density at radius 3 is 1.56 bits per heavy atom. The van der Waals surface area contributed by atoms with Crippen molar-refractivity contribution in [3.8, 4) is 0 Å². The summed E-state index contributed by atoms with van der Waals surface area (Å²) in [7, 11) is -1.86. The van der Waals surface area contributed by atoms with Crippen LogP contribution in [0.25, 0.3) is 0 Å². The Bertz CT molecular complexity index is 242. The molecule has 1 aliphatic rings. The zero-order valence-electron chi connectivity index (χ0n) is 12.8. The first-order chi connectivity index (χ1) is 6.93. The van der Waals surface area contributed by atoms with Gasteiger partial charge >= 0.3 is 0 Å². The molecule has 0 unspecified atom stereocenters. The highest BCUT2D eigenvalue weighted by Gasteiger charge is 2.52. The Balaban J connectivity index is 3.12. The molecule has 2 heteroatoms. The second-order valence-electron chi connectivity index (χ2n) is 8.74. The van der Waals surface area contributed by atoms with E-state index in [0.29, 0.717) is 10.8 Å².